The van der Waals surface area contributed by atoms with Crippen LogP contribution in [0.5, 0.6) is 0 Å². The van der Waals surface area contributed by atoms with Crippen LogP contribution in [-0.4, -0.2) is 17.6 Å². The van der Waals surface area contributed by atoms with Gasteiger partial charge in [0.2, 0.25) is 0 Å². The van der Waals surface area contributed by atoms with Crippen molar-refractivity contribution in [1.82, 2.24) is 5.32 Å². The summed E-state index contributed by atoms with van der Waals surface area (Å²) in [5.41, 5.74) is -0.252. The monoisotopic (exact) mass is 311 g/mol. The number of hydrogen-bond donors (Lipinski definition) is 2. The third-order valence-corrected chi connectivity index (χ3v) is 3.25. The maximum atomic E-state index is 13.4. The number of halogens is 3. The van der Waals surface area contributed by atoms with Crippen LogP contribution in [0.2, 0.25) is 5.02 Å². The highest BCUT2D eigenvalue weighted by molar-refractivity contribution is 6.31. The van der Waals surface area contributed by atoms with Gasteiger partial charge in [-0.1, -0.05) is 35.9 Å². The summed E-state index contributed by atoms with van der Waals surface area (Å²) in [4.78, 5) is 11.8. The first-order chi connectivity index (χ1) is 10.0. The smallest absolute Gasteiger partial charge is 0.257 e. The second-order valence-corrected chi connectivity index (χ2v) is 4.75. The van der Waals surface area contributed by atoms with Crippen molar-refractivity contribution in [3.8, 4) is 0 Å². The standard InChI is InChI=1S/C15H12ClF2NO2/c16-10-5-2-1-4-9(10)13(20)8-19-15(21)14-11(17)6-3-7-12(14)18/h1-7,13,20H,8H2,(H,19,21). The highest BCUT2D eigenvalue weighted by Crippen LogP contribution is 2.22. The lowest BCUT2D eigenvalue weighted by Gasteiger charge is -2.14. The van der Waals surface area contributed by atoms with Gasteiger partial charge >= 0.3 is 0 Å². The molecule has 110 valence electrons. The first-order valence-corrected chi connectivity index (χ1v) is 6.53. The summed E-state index contributed by atoms with van der Waals surface area (Å²) in [6.45, 7) is -0.212. The van der Waals surface area contributed by atoms with Gasteiger partial charge in [0, 0.05) is 17.1 Å². The Kier molecular flexibility index (Phi) is 4.88. The maximum Gasteiger partial charge on any atom is 0.257 e. The van der Waals surface area contributed by atoms with Crippen LogP contribution < -0.4 is 5.32 Å². The van der Waals surface area contributed by atoms with Gasteiger partial charge in [0.25, 0.3) is 5.91 Å². The van der Waals surface area contributed by atoms with Crippen LogP contribution in [0, 0.1) is 11.6 Å². The predicted octanol–water partition coefficient (Wildman–Crippen LogP) is 3.08. The fraction of sp³-hybridized carbons (Fsp3) is 0.133. The third kappa shape index (κ3) is 3.56. The Hall–Kier alpha value is -1.98. The van der Waals surface area contributed by atoms with Crippen molar-refractivity contribution in [1.29, 1.82) is 0 Å². The Morgan fingerprint density at radius 1 is 1.14 bits per heavy atom. The molecule has 0 saturated carbocycles. The van der Waals surface area contributed by atoms with E-state index in [4.69, 9.17) is 11.6 Å². The Morgan fingerprint density at radius 3 is 2.38 bits per heavy atom. The molecule has 0 saturated heterocycles. The summed E-state index contributed by atoms with van der Waals surface area (Å²) in [5.74, 6) is -2.85. The molecule has 0 aromatic heterocycles. The lowest BCUT2D eigenvalue weighted by molar-refractivity contribution is 0.0908. The molecular weight excluding hydrogens is 300 g/mol. The van der Waals surface area contributed by atoms with E-state index in [2.05, 4.69) is 5.32 Å². The normalized spacial score (nSPS) is 12.0. The van der Waals surface area contributed by atoms with Gasteiger partial charge < -0.3 is 10.4 Å². The number of aliphatic hydroxyl groups is 1. The van der Waals surface area contributed by atoms with Crippen LogP contribution in [-0.2, 0) is 0 Å². The zero-order chi connectivity index (χ0) is 15.4. The number of hydrogen-bond acceptors (Lipinski definition) is 2. The molecule has 0 fully saturated rings. The molecule has 0 heterocycles. The van der Waals surface area contributed by atoms with Gasteiger partial charge in [-0.05, 0) is 18.2 Å². The van der Waals surface area contributed by atoms with Crippen molar-refractivity contribution >= 4 is 17.5 Å². The molecule has 0 aliphatic carbocycles. The van der Waals surface area contributed by atoms with Crippen LogP contribution in [0.15, 0.2) is 42.5 Å². The molecule has 0 bridgehead atoms. The Balaban J connectivity index is 2.06. The fourth-order valence-corrected chi connectivity index (χ4v) is 2.11. The van der Waals surface area contributed by atoms with Gasteiger partial charge in [0.1, 0.15) is 17.2 Å². The molecule has 2 rings (SSSR count). The van der Waals surface area contributed by atoms with Crippen molar-refractivity contribution in [2.75, 3.05) is 6.54 Å². The summed E-state index contributed by atoms with van der Waals surface area (Å²) in [7, 11) is 0. The van der Waals surface area contributed by atoms with Crippen LogP contribution in [0.25, 0.3) is 0 Å². The van der Waals surface area contributed by atoms with Crippen molar-refractivity contribution < 1.29 is 18.7 Å². The van der Waals surface area contributed by atoms with Crippen LogP contribution >= 0.6 is 11.6 Å². The molecule has 2 aromatic rings. The van der Waals surface area contributed by atoms with E-state index >= 15 is 0 Å². The molecular formula is C15H12ClF2NO2. The number of carbonyl (C=O) groups excluding carboxylic acids is 1. The van der Waals surface area contributed by atoms with Crippen LogP contribution in [0.1, 0.15) is 22.0 Å². The molecule has 1 unspecified atom stereocenters. The van der Waals surface area contributed by atoms with Gasteiger partial charge in [0.05, 0.1) is 6.10 Å². The largest absolute Gasteiger partial charge is 0.387 e. The molecule has 2 N–H and O–H groups in total. The van der Waals surface area contributed by atoms with Crippen LogP contribution in [0.3, 0.4) is 0 Å². The first-order valence-electron chi connectivity index (χ1n) is 6.15. The second kappa shape index (κ2) is 6.65. The molecule has 0 aliphatic rings. The average Bonchev–Trinajstić information content (AvgIpc) is 2.45. The lowest BCUT2D eigenvalue weighted by atomic mass is 10.1. The van der Waals surface area contributed by atoms with E-state index in [9.17, 15) is 18.7 Å². The van der Waals surface area contributed by atoms with Gasteiger partial charge in [-0.3, -0.25) is 4.79 Å². The van der Waals surface area contributed by atoms with Crippen molar-refractivity contribution in [2.45, 2.75) is 6.10 Å². The molecule has 0 aliphatic heterocycles. The molecule has 1 amide bonds. The molecule has 1 atom stereocenters. The predicted molar refractivity (Wildman–Crippen MR) is 75.1 cm³/mol. The fourth-order valence-electron chi connectivity index (χ4n) is 1.85. The number of carbonyl (C=O) groups is 1. The summed E-state index contributed by atoms with van der Waals surface area (Å²) in [5, 5.41) is 12.6. The number of aliphatic hydroxyl groups excluding tert-OH is 1. The summed E-state index contributed by atoms with van der Waals surface area (Å²) in [6, 6.07) is 9.72. The zero-order valence-electron chi connectivity index (χ0n) is 10.8. The molecule has 21 heavy (non-hydrogen) atoms. The summed E-state index contributed by atoms with van der Waals surface area (Å²) in [6.07, 6.45) is -1.07. The minimum atomic E-state index is -1.07. The van der Waals surface area contributed by atoms with Gasteiger partial charge in [-0.2, -0.15) is 0 Å². The lowest BCUT2D eigenvalue weighted by Crippen LogP contribution is -2.30. The highest BCUT2D eigenvalue weighted by atomic mass is 35.5. The first kappa shape index (κ1) is 15.4. The van der Waals surface area contributed by atoms with E-state index in [0.717, 1.165) is 12.1 Å². The van der Waals surface area contributed by atoms with Crippen molar-refractivity contribution in [2.24, 2.45) is 0 Å². The Bertz CT molecular complexity index is 644. The third-order valence-electron chi connectivity index (χ3n) is 2.91. The molecule has 6 heteroatoms. The topological polar surface area (TPSA) is 49.3 Å². The van der Waals surface area contributed by atoms with Gasteiger partial charge in [0.15, 0.2) is 0 Å². The Labute approximate surface area is 125 Å². The van der Waals surface area contributed by atoms with E-state index in [0.29, 0.717) is 10.6 Å². The highest BCUT2D eigenvalue weighted by Gasteiger charge is 2.18. The van der Waals surface area contributed by atoms with E-state index < -0.39 is 29.2 Å². The van der Waals surface area contributed by atoms with Crippen LogP contribution in [0.4, 0.5) is 8.78 Å². The molecule has 0 radical (unpaired) electrons. The maximum absolute atomic E-state index is 13.4. The molecule has 0 spiro atoms. The van der Waals surface area contributed by atoms with Crippen molar-refractivity contribution in [3.63, 3.8) is 0 Å². The van der Waals surface area contributed by atoms with E-state index in [1.807, 2.05) is 0 Å². The number of amides is 1. The molecule has 2 aromatic carbocycles. The summed E-state index contributed by atoms with van der Waals surface area (Å²) < 4.78 is 26.9. The van der Waals surface area contributed by atoms with E-state index in [1.54, 1.807) is 24.3 Å². The second-order valence-electron chi connectivity index (χ2n) is 4.34. The number of benzene rings is 2. The minimum absolute atomic E-state index is 0.212. The van der Waals surface area contributed by atoms with Gasteiger partial charge in [-0.25, -0.2) is 8.78 Å². The quantitative estimate of drug-likeness (QED) is 0.911. The number of nitrogens with one attached hydrogen (secondary N) is 1. The number of rotatable bonds is 4. The average molecular weight is 312 g/mol. The zero-order valence-corrected chi connectivity index (χ0v) is 11.6. The van der Waals surface area contributed by atoms with E-state index in [-0.39, 0.29) is 6.54 Å². The van der Waals surface area contributed by atoms with Gasteiger partial charge in [-0.15, -0.1) is 0 Å². The van der Waals surface area contributed by atoms with E-state index in [1.165, 1.54) is 6.07 Å². The molecule has 3 nitrogen and oxygen atoms in total. The Morgan fingerprint density at radius 2 is 1.76 bits per heavy atom. The minimum Gasteiger partial charge on any atom is -0.387 e. The van der Waals surface area contributed by atoms with Crippen molar-refractivity contribution in [3.05, 3.63) is 70.2 Å². The SMILES string of the molecule is O=C(NCC(O)c1ccccc1Cl)c1c(F)cccc1F. The summed E-state index contributed by atoms with van der Waals surface area (Å²) >= 11 is 5.91.